The monoisotopic (exact) mass is 441 g/mol. The van der Waals surface area contributed by atoms with Gasteiger partial charge in [0, 0.05) is 17.8 Å². The summed E-state index contributed by atoms with van der Waals surface area (Å²) in [6, 6.07) is 4.06. The van der Waals surface area contributed by atoms with E-state index in [4.69, 9.17) is 9.47 Å². The molecule has 8 heteroatoms. The van der Waals surface area contributed by atoms with Gasteiger partial charge in [-0.05, 0) is 58.7 Å². The fraction of sp³-hybridized carbons (Fsp3) is 0.458. The van der Waals surface area contributed by atoms with Gasteiger partial charge in [0.2, 0.25) is 0 Å². The van der Waals surface area contributed by atoms with Crippen molar-refractivity contribution in [1.82, 2.24) is 15.3 Å². The Labute approximate surface area is 188 Å². The minimum atomic E-state index is -0.638. The number of nitrogens with one attached hydrogen (secondary N) is 3. The van der Waals surface area contributed by atoms with E-state index in [1.807, 2.05) is 50.6 Å². The van der Waals surface area contributed by atoms with Crippen LogP contribution in [-0.4, -0.2) is 34.1 Å². The maximum Gasteiger partial charge on any atom is 0.355 e. The molecule has 0 amide bonds. The van der Waals surface area contributed by atoms with Crippen molar-refractivity contribution in [3.05, 3.63) is 58.3 Å². The standard InChI is InChI=1S/C24H32N4O4/c1-7-17-19(22(29)31-8-2)18(27-20(17)23(30)32-24(4,5)6)13-25-12-16-14-28-11-9-10-15(3)21(28)26-16/h9-11,14,25H,7-8,12-13H2,1-6H3,(H,27,29,30)/p+1. The third-order valence-corrected chi connectivity index (χ3v) is 5.03. The summed E-state index contributed by atoms with van der Waals surface area (Å²) >= 11 is 0. The molecule has 3 rings (SSSR count). The molecule has 0 unspecified atom stereocenters. The van der Waals surface area contributed by atoms with Gasteiger partial charge in [0.1, 0.15) is 17.5 Å². The Bertz CT molecular complexity index is 1120. The number of fused-ring (bicyclic) bond motifs is 1. The number of pyridine rings is 1. The molecule has 0 spiro atoms. The van der Waals surface area contributed by atoms with Crippen molar-refractivity contribution in [3.63, 3.8) is 0 Å². The maximum absolute atomic E-state index is 12.8. The quantitative estimate of drug-likeness (QED) is 0.368. The number of ether oxygens (including phenoxy) is 2. The molecule has 3 heterocycles. The Balaban J connectivity index is 1.85. The molecule has 3 aromatic heterocycles. The fourth-order valence-corrected chi connectivity index (χ4v) is 3.71. The number of aromatic amines is 2. The summed E-state index contributed by atoms with van der Waals surface area (Å²) in [5.41, 5.74) is 4.50. The Kier molecular flexibility index (Phi) is 7.03. The van der Waals surface area contributed by atoms with Crippen molar-refractivity contribution in [3.8, 4) is 0 Å². The minimum Gasteiger partial charge on any atom is -0.462 e. The van der Waals surface area contributed by atoms with Gasteiger partial charge in [-0.15, -0.1) is 0 Å². The number of imidazole rings is 1. The lowest BCUT2D eigenvalue weighted by molar-refractivity contribution is -0.510. The second-order valence-electron chi connectivity index (χ2n) is 8.74. The SMILES string of the molecule is CCOC(=O)c1c(CNCc2c[n+]3cccc(C)c3[nH]2)[nH]c(C(=O)OC(C)(C)C)c1CC. The minimum absolute atomic E-state index is 0.257. The molecule has 0 radical (unpaired) electrons. The first-order valence-corrected chi connectivity index (χ1v) is 11.0. The number of nitrogens with zero attached hydrogens (tertiary/aromatic N) is 1. The highest BCUT2D eigenvalue weighted by Crippen LogP contribution is 2.24. The lowest BCUT2D eigenvalue weighted by Crippen LogP contribution is -2.24. The molecular weight excluding hydrogens is 408 g/mol. The highest BCUT2D eigenvalue weighted by Gasteiger charge is 2.29. The van der Waals surface area contributed by atoms with Gasteiger partial charge in [-0.3, -0.25) is 0 Å². The van der Waals surface area contributed by atoms with Crippen molar-refractivity contribution in [2.24, 2.45) is 0 Å². The summed E-state index contributed by atoms with van der Waals surface area (Å²) in [7, 11) is 0. The molecule has 0 fully saturated rings. The Morgan fingerprint density at radius 1 is 1.12 bits per heavy atom. The van der Waals surface area contributed by atoms with Gasteiger partial charge in [-0.2, -0.15) is 0 Å². The van der Waals surface area contributed by atoms with Crippen LogP contribution in [0.15, 0.2) is 24.5 Å². The fourth-order valence-electron chi connectivity index (χ4n) is 3.71. The Hall–Kier alpha value is -3.13. The van der Waals surface area contributed by atoms with E-state index in [9.17, 15) is 9.59 Å². The average molecular weight is 442 g/mol. The predicted molar refractivity (Wildman–Crippen MR) is 121 cm³/mol. The third-order valence-electron chi connectivity index (χ3n) is 5.03. The molecule has 0 saturated heterocycles. The largest absolute Gasteiger partial charge is 0.462 e. The van der Waals surface area contributed by atoms with Gasteiger partial charge >= 0.3 is 11.9 Å². The number of aryl methyl sites for hydroxylation is 1. The molecule has 0 aliphatic carbocycles. The van der Waals surface area contributed by atoms with Crippen LogP contribution in [0.25, 0.3) is 5.65 Å². The second kappa shape index (κ2) is 9.56. The summed E-state index contributed by atoms with van der Waals surface area (Å²) in [6.07, 6.45) is 4.52. The molecule has 3 N–H and O–H groups in total. The molecule has 172 valence electrons. The smallest absolute Gasteiger partial charge is 0.355 e. The van der Waals surface area contributed by atoms with Crippen molar-refractivity contribution < 1.29 is 23.5 Å². The van der Waals surface area contributed by atoms with Crippen molar-refractivity contribution in [1.29, 1.82) is 0 Å². The van der Waals surface area contributed by atoms with E-state index in [1.54, 1.807) is 6.92 Å². The molecule has 0 bridgehead atoms. The topological polar surface area (TPSA) is 100 Å². The number of aromatic nitrogens is 3. The Morgan fingerprint density at radius 2 is 1.88 bits per heavy atom. The number of carbonyl (C=O) groups is 2. The van der Waals surface area contributed by atoms with E-state index in [1.165, 1.54) is 0 Å². The molecule has 0 saturated carbocycles. The molecule has 8 nitrogen and oxygen atoms in total. The van der Waals surface area contributed by atoms with Gasteiger partial charge in [-0.1, -0.05) is 6.92 Å². The van der Waals surface area contributed by atoms with Gasteiger partial charge in [-0.25, -0.2) is 19.0 Å². The van der Waals surface area contributed by atoms with Crippen LogP contribution in [0.2, 0.25) is 0 Å². The number of esters is 2. The molecule has 0 aromatic carbocycles. The van der Waals surface area contributed by atoms with E-state index in [0.29, 0.717) is 42.0 Å². The first kappa shape index (κ1) is 23.5. The van der Waals surface area contributed by atoms with Crippen molar-refractivity contribution >= 4 is 17.6 Å². The van der Waals surface area contributed by atoms with Crippen LogP contribution in [0.4, 0.5) is 0 Å². The van der Waals surface area contributed by atoms with Gasteiger partial charge in [0.05, 0.1) is 24.9 Å². The van der Waals surface area contributed by atoms with E-state index in [0.717, 1.165) is 16.9 Å². The molecule has 0 aliphatic rings. The van der Waals surface area contributed by atoms with Gasteiger partial charge in [0.25, 0.3) is 5.65 Å². The number of hydrogen-bond donors (Lipinski definition) is 3. The number of hydrogen-bond acceptors (Lipinski definition) is 5. The molecule has 0 atom stereocenters. The summed E-state index contributed by atoms with van der Waals surface area (Å²) in [4.78, 5) is 32.0. The normalized spacial score (nSPS) is 11.7. The molecular formula is C24H33N4O4+. The molecule has 3 aromatic rings. The van der Waals surface area contributed by atoms with Gasteiger partial charge < -0.3 is 19.8 Å². The first-order valence-electron chi connectivity index (χ1n) is 11.0. The van der Waals surface area contributed by atoms with Crippen LogP contribution >= 0.6 is 0 Å². The number of H-pyrrole nitrogens is 2. The first-order chi connectivity index (χ1) is 15.1. The number of rotatable bonds is 8. The summed E-state index contributed by atoms with van der Waals surface area (Å²) in [5, 5.41) is 3.35. The van der Waals surface area contributed by atoms with E-state index < -0.39 is 17.5 Å². The number of carbonyl (C=O) groups excluding carboxylic acids is 2. The summed E-state index contributed by atoms with van der Waals surface area (Å²) < 4.78 is 12.9. The van der Waals surface area contributed by atoms with Crippen LogP contribution in [0.1, 0.15) is 78.0 Å². The maximum atomic E-state index is 12.8. The lowest BCUT2D eigenvalue weighted by atomic mass is 10.1. The average Bonchev–Trinajstić information content (AvgIpc) is 3.29. The summed E-state index contributed by atoms with van der Waals surface area (Å²) in [5.74, 6) is -0.919. The van der Waals surface area contributed by atoms with Crippen LogP contribution < -0.4 is 9.72 Å². The summed E-state index contributed by atoms with van der Waals surface area (Å²) in [6.45, 7) is 12.3. The van der Waals surface area contributed by atoms with Crippen LogP contribution in [-0.2, 0) is 29.0 Å². The Morgan fingerprint density at radius 3 is 2.50 bits per heavy atom. The van der Waals surface area contributed by atoms with Crippen molar-refractivity contribution in [2.75, 3.05) is 6.61 Å². The lowest BCUT2D eigenvalue weighted by Gasteiger charge is -2.19. The van der Waals surface area contributed by atoms with Crippen LogP contribution in [0.5, 0.6) is 0 Å². The predicted octanol–water partition coefficient (Wildman–Crippen LogP) is 3.37. The van der Waals surface area contributed by atoms with Gasteiger partial charge in [0.15, 0.2) is 5.69 Å². The second-order valence-corrected chi connectivity index (χ2v) is 8.74. The highest BCUT2D eigenvalue weighted by molar-refractivity contribution is 5.99. The van der Waals surface area contributed by atoms with Crippen LogP contribution in [0.3, 0.4) is 0 Å². The zero-order valence-electron chi connectivity index (χ0n) is 19.7. The van der Waals surface area contributed by atoms with E-state index in [-0.39, 0.29) is 6.61 Å². The van der Waals surface area contributed by atoms with E-state index in [2.05, 4.69) is 28.3 Å². The highest BCUT2D eigenvalue weighted by atomic mass is 16.6. The van der Waals surface area contributed by atoms with Crippen molar-refractivity contribution in [2.45, 2.75) is 66.7 Å². The zero-order valence-corrected chi connectivity index (χ0v) is 19.7. The molecule has 0 aliphatic heterocycles. The third kappa shape index (κ3) is 5.19. The van der Waals surface area contributed by atoms with Crippen LogP contribution in [0, 0.1) is 6.92 Å². The van der Waals surface area contributed by atoms with E-state index >= 15 is 0 Å². The zero-order chi connectivity index (χ0) is 23.5. The molecule has 32 heavy (non-hydrogen) atoms.